The van der Waals surface area contributed by atoms with Gasteiger partial charge < -0.3 is 11.1 Å². The van der Waals surface area contributed by atoms with E-state index in [2.05, 4.69) is 5.32 Å². The number of halogens is 1. The van der Waals surface area contributed by atoms with Crippen molar-refractivity contribution in [1.82, 2.24) is 4.90 Å². The molecule has 2 aromatic rings. The van der Waals surface area contributed by atoms with Gasteiger partial charge in [0.15, 0.2) is 9.84 Å². The summed E-state index contributed by atoms with van der Waals surface area (Å²) >= 11 is 0. The van der Waals surface area contributed by atoms with Gasteiger partial charge in [-0.05, 0) is 49.9 Å². The van der Waals surface area contributed by atoms with E-state index in [1.54, 1.807) is 24.3 Å². The lowest BCUT2D eigenvalue weighted by Gasteiger charge is -2.25. The van der Waals surface area contributed by atoms with Crippen molar-refractivity contribution >= 4 is 27.1 Å². The van der Waals surface area contributed by atoms with E-state index < -0.39 is 15.7 Å². The molecule has 1 atom stereocenters. The number of benzene rings is 2. The standard InChI is InChI=1S/C19H24FN3O3S/c1-13(14-4-7-16(8-5-14)27(3,25)26)23(2)11-10-19(24)22-18-12-15(21)6-9-17(18)20/h4-9,12-13H,10-11,21H2,1-3H3,(H,22,24). The summed E-state index contributed by atoms with van der Waals surface area (Å²) in [6.45, 7) is 2.41. The highest BCUT2D eigenvalue weighted by Gasteiger charge is 2.15. The molecule has 1 unspecified atom stereocenters. The van der Waals surface area contributed by atoms with Gasteiger partial charge in [0.05, 0.1) is 10.6 Å². The van der Waals surface area contributed by atoms with Crippen LogP contribution in [0.1, 0.15) is 24.9 Å². The summed E-state index contributed by atoms with van der Waals surface area (Å²) in [7, 11) is -1.36. The maximum atomic E-state index is 13.7. The number of nitrogen functional groups attached to an aromatic ring is 1. The molecule has 27 heavy (non-hydrogen) atoms. The van der Waals surface area contributed by atoms with Crippen molar-refractivity contribution < 1.29 is 17.6 Å². The molecule has 0 fully saturated rings. The highest BCUT2D eigenvalue weighted by Crippen LogP contribution is 2.21. The average molecular weight is 393 g/mol. The Morgan fingerprint density at radius 3 is 2.44 bits per heavy atom. The summed E-state index contributed by atoms with van der Waals surface area (Å²) in [5.41, 5.74) is 6.97. The number of carbonyl (C=O) groups is 1. The Hall–Kier alpha value is -2.45. The lowest BCUT2D eigenvalue weighted by atomic mass is 10.1. The summed E-state index contributed by atoms with van der Waals surface area (Å²) in [6.07, 6.45) is 1.34. The van der Waals surface area contributed by atoms with Crippen molar-refractivity contribution in [3.63, 3.8) is 0 Å². The van der Waals surface area contributed by atoms with Gasteiger partial charge in [0.1, 0.15) is 5.82 Å². The quantitative estimate of drug-likeness (QED) is 0.706. The molecule has 8 heteroatoms. The zero-order valence-electron chi connectivity index (χ0n) is 15.6. The van der Waals surface area contributed by atoms with Crippen LogP contribution in [0.5, 0.6) is 0 Å². The zero-order valence-corrected chi connectivity index (χ0v) is 16.4. The van der Waals surface area contributed by atoms with Crippen molar-refractivity contribution in [3.05, 3.63) is 53.8 Å². The van der Waals surface area contributed by atoms with Gasteiger partial charge >= 0.3 is 0 Å². The third kappa shape index (κ3) is 5.77. The highest BCUT2D eigenvalue weighted by molar-refractivity contribution is 7.90. The monoisotopic (exact) mass is 393 g/mol. The number of nitrogens with two attached hydrogens (primary N) is 1. The number of hydrogen-bond donors (Lipinski definition) is 2. The molecule has 0 aliphatic heterocycles. The Balaban J connectivity index is 1.93. The van der Waals surface area contributed by atoms with Crippen molar-refractivity contribution in [1.29, 1.82) is 0 Å². The summed E-state index contributed by atoms with van der Waals surface area (Å²) < 4.78 is 36.7. The topological polar surface area (TPSA) is 92.5 Å². The van der Waals surface area contributed by atoms with Crippen LogP contribution < -0.4 is 11.1 Å². The van der Waals surface area contributed by atoms with E-state index in [0.717, 1.165) is 5.56 Å². The van der Waals surface area contributed by atoms with Gasteiger partial charge in [-0.25, -0.2) is 12.8 Å². The van der Waals surface area contributed by atoms with Crippen LogP contribution in [0.3, 0.4) is 0 Å². The fraction of sp³-hybridized carbons (Fsp3) is 0.316. The molecule has 6 nitrogen and oxygen atoms in total. The van der Waals surface area contributed by atoms with Crippen LogP contribution in [0.4, 0.5) is 15.8 Å². The third-order valence-corrected chi connectivity index (χ3v) is 5.54. The normalized spacial score (nSPS) is 12.8. The second-order valence-corrected chi connectivity index (χ2v) is 8.55. The van der Waals surface area contributed by atoms with Gasteiger partial charge in [-0.2, -0.15) is 0 Å². The van der Waals surface area contributed by atoms with E-state index in [1.165, 1.54) is 24.5 Å². The van der Waals surface area contributed by atoms with E-state index in [9.17, 15) is 17.6 Å². The lowest BCUT2D eigenvalue weighted by molar-refractivity contribution is -0.116. The minimum Gasteiger partial charge on any atom is -0.399 e. The molecule has 0 aliphatic carbocycles. The number of carbonyl (C=O) groups excluding carboxylic acids is 1. The molecule has 0 saturated heterocycles. The first kappa shape index (κ1) is 20.9. The first-order chi connectivity index (χ1) is 12.6. The summed E-state index contributed by atoms with van der Waals surface area (Å²) in [5.74, 6) is -0.851. The molecule has 0 bridgehead atoms. The number of anilines is 2. The van der Waals surface area contributed by atoms with Crippen molar-refractivity contribution in [2.45, 2.75) is 24.3 Å². The molecule has 0 aliphatic rings. The van der Waals surface area contributed by atoms with Crippen LogP contribution in [0.15, 0.2) is 47.4 Å². The molecular weight excluding hydrogens is 369 g/mol. The van der Waals surface area contributed by atoms with Gasteiger partial charge in [-0.1, -0.05) is 12.1 Å². The minimum absolute atomic E-state index is 0.0180. The highest BCUT2D eigenvalue weighted by atomic mass is 32.2. The molecule has 146 valence electrons. The Kier molecular flexibility index (Phi) is 6.56. The molecule has 2 aromatic carbocycles. The van der Waals surface area contributed by atoms with Crippen LogP contribution in [0.25, 0.3) is 0 Å². The molecule has 1 amide bonds. The number of sulfone groups is 1. The molecule has 0 saturated carbocycles. The van der Waals surface area contributed by atoms with Crippen LogP contribution in [-0.2, 0) is 14.6 Å². The summed E-state index contributed by atoms with van der Waals surface area (Å²) in [4.78, 5) is 14.3. The number of nitrogens with zero attached hydrogens (tertiary/aromatic N) is 1. The molecule has 0 aromatic heterocycles. The third-order valence-electron chi connectivity index (χ3n) is 4.41. The first-order valence-corrected chi connectivity index (χ1v) is 10.3. The maximum Gasteiger partial charge on any atom is 0.225 e. The van der Waals surface area contributed by atoms with Gasteiger partial charge in [0, 0.05) is 31.0 Å². The Morgan fingerprint density at radius 2 is 1.85 bits per heavy atom. The lowest BCUT2D eigenvalue weighted by Crippen LogP contribution is -2.27. The van der Waals surface area contributed by atoms with Crippen LogP contribution in [-0.4, -0.2) is 39.1 Å². The second kappa shape index (κ2) is 8.49. The van der Waals surface area contributed by atoms with Gasteiger partial charge in [0.2, 0.25) is 5.91 Å². The fourth-order valence-corrected chi connectivity index (χ4v) is 3.20. The van der Waals surface area contributed by atoms with Crippen molar-refractivity contribution in [2.24, 2.45) is 0 Å². The Morgan fingerprint density at radius 1 is 1.22 bits per heavy atom. The predicted molar refractivity (Wildman–Crippen MR) is 105 cm³/mol. The fourth-order valence-electron chi connectivity index (χ4n) is 2.57. The van der Waals surface area contributed by atoms with E-state index in [4.69, 9.17) is 5.73 Å². The Bertz CT molecular complexity index is 914. The maximum absolute atomic E-state index is 13.7. The number of rotatable bonds is 7. The largest absolute Gasteiger partial charge is 0.399 e. The molecule has 0 heterocycles. The smallest absolute Gasteiger partial charge is 0.225 e. The summed E-state index contributed by atoms with van der Waals surface area (Å²) in [5, 5.41) is 2.52. The van der Waals surface area contributed by atoms with E-state index in [-0.39, 0.29) is 29.0 Å². The van der Waals surface area contributed by atoms with Crippen molar-refractivity contribution in [3.8, 4) is 0 Å². The molecular formula is C19H24FN3O3S. The van der Waals surface area contributed by atoms with Crippen LogP contribution >= 0.6 is 0 Å². The molecule has 0 radical (unpaired) electrons. The van der Waals surface area contributed by atoms with Crippen LogP contribution in [0.2, 0.25) is 0 Å². The van der Waals surface area contributed by atoms with Gasteiger partial charge in [-0.3, -0.25) is 9.69 Å². The van der Waals surface area contributed by atoms with Crippen molar-refractivity contribution in [2.75, 3.05) is 30.9 Å². The van der Waals surface area contributed by atoms with Gasteiger partial charge in [-0.15, -0.1) is 0 Å². The second-order valence-electron chi connectivity index (χ2n) is 6.54. The zero-order chi connectivity index (χ0) is 20.2. The number of hydrogen-bond acceptors (Lipinski definition) is 5. The SMILES string of the molecule is CC(c1ccc(S(C)(=O)=O)cc1)N(C)CCC(=O)Nc1cc(N)ccc1F. The van der Waals surface area contributed by atoms with Gasteiger partial charge in [0.25, 0.3) is 0 Å². The molecule has 0 spiro atoms. The number of amides is 1. The van der Waals surface area contributed by atoms with Crippen LogP contribution in [0, 0.1) is 5.82 Å². The summed E-state index contributed by atoms with van der Waals surface area (Å²) in [6, 6.07) is 10.7. The van der Waals surface area contributed by atoms with E-state index in [0.29, 0.717) is 12.2 Å². The first-order valence-electron chi connectivity index (χ1n) is 8.43. The molecule has 2 rings (SSSR count). The number of nitrogens with one attached hydrogen (secondary N) is 1. The van der Waals surface area contributed by atoms with E-state index in [1.807, 2.05) is 18.9 Å². The predicted octanol–water partition coefficient (Wildman–Crippen LogP) is 2.83. The Labute approximate surface area is 159 Å². The minimum atomic E-state index is -3.23. The molecule has 3 N–H and O–H groups in total. The van der Waals surface area contributed by atoms with E-state index >= 15 is 0 Å². The average Bonchev–Trinajstić information content (AvgIpc) is 2.61.